The number of thioether (sulfide) groups is 1. The third-order valence-electron chi connectivity index (χ3n) is 2.48. The second-order valence-electron chi connectivity index (χ2n) is 4.18. The SMILES string of the molecule is CCCNc1cc(NCCC(=O)NCC)nc(SC)n1. The zero-order valence-electron chi connectivity index (χ0n) is 12.3. The van der Waals surface area contributed by atoms with Crippen LogP contribution in [0, 0.1) is 0 Å². The highest BCUT2D eigenvalue weighted by molar-refractivity contribution is 7.98. The number of aromatic nitrogens is 2. The summed E-state index contributed by atoms with van der Waals surface area (Å²) in [7, 11) is 0. The van der Waals surface area contributed by atoms with Gasteiger partial charge in [0.05, 0.1) is 0 Å². The highest BCUT2D eigenvalue weighted by Crippen LogP contribution is 2.17. The van der Waals surface area contributed by atoms with E-state index in [4.69, 9.17) is 0 Å². The van der Waals surface area contributed by atoms with Gasteiger partial charge in [-0.2, -0.15) is 0 Å². The highest BCUT2D eigenvalue weighted by Gasteiger charge is 2.04. The molecule has 0 aromatic carbocycles. The molecule has 0 fully saturated rings. The molecule has 0 spiro atoms. The van der Waals surface area contributed by atoms with Crippen molar-refractivity contribution in [1.29, 1.82) is 0 Å². The zero-order valence-corrected chi connectivity index (χ0v) is 13.1. The first kappa shape index (κ1) is 16.6. The lowest BCUT2D eigenvalue weighted by Crippen LogP contribution is -2.24. The van der Waals surface area contributed by atoms with E-state index in [1.807, 2.05) is 19.2 Å². The van der Waals surface area contributed by atoms with E-state index in [2.05, 4.69) is 32.8 Å². The van der Waals surface area contributed by atoms with Crippen molar-refractivity contribution in [1.82, 2.24) is 15.3 Å². The predicted octanol–water partition coefficient (Wildman–Crippen LogP) is 1.96. The van der Waals surface area contributed by atoms with E-state index in [1.165, 1.54) is 11.8 Å². The fourth-order valence-corrected chi connectivity index (χ4v) is 1.92. The van der Waals surface area contributed by atoms with Gasteiger partial charge in [-0.15, -0.1) is 0 Å². The minimum atomic E-state index is 0.0449. The minimum Gasteiger partial charge on any atom is -0.370 e. The molecular formula is C13H23N5OS. The maximum Gasteiger partial charge on any atom is 0.221 e. The van der Waals surface area contributed by atoms with Gasteiger partial charge >= 0.3 is 0 Å². The number of rotatable bonds is 9. The lowest BCUT2D eigenvalue weighted by atomic mass is 10.4. The van der Waals surface area contributed by atoms with Crippen molar-refractivity contribution in [2.45, 2.75) is 31.8 Å². The molecule has 0 aliphatic heterocycles. The van der Waals surface area contributed by atoms with Gasteiger partial charge in [-0.05, 0) is 19.6 Å². The van der Waals surface area contributed by atoms with E-state index >= 15 is 0 Å². The van der Waals surface area contributed by atoms with Crippen LogP contribution >= 0.6 is 11.8 Å². The summed E-state index contributed by atoms with van der Waals surface area (Å²) in [5.41, 5.74) is 0. The molecular weight excluding hydrogens is 274 g/mol. The smallest absolute Gasteiger partial charge is 0.221 e. The van der Waals surface area contributed by atoms with Gasteiger partial charge in [-0.25, -0.2) is 9.97 Å². The molecule has 20 heavy (non-hydrogen) atoms. The first-order valence-electron chi connectivity index (χ1n) is 6.87. The fraction of sp³-hybridized carbons (Fsp3) is 0.615. The largest absolute Gasteiger partial charge is 0.370 e. The monoisotopic (exact) mass is 297 g/mol. The average Bonchev–Trinajstić information content (AvgIpc) is 2.45. The van der Waals surface area contributed by atoms with Crippen molar-refractivity contribution in [3.8, 4) is 0 Å². The van der Waals surface area contributed by atoms with E-state index in [1.54, 1.807) is 0 Å². The molecule has 3 N–H and O–H groups in total. The van der Waals surface area contributed by atoms with E-state index < -0.39 is 0 Å². The molecule has 112 valence electrons. The molecule has 0 saturated heterocycles. The lowest BCUT2D eigenvalue weighted by Gasteiger charge is -2.10. The molecule has 7 heteroatoms. The highest BCUT2D eigenvalue weighted by atomic mass is 32.2. The van der Waals surface area contributed by atoms with Crippen LogP contribution in [0.3, 0.4) is 0 Å². The Kier molecular flexibility index (Phi) is 7.79. The van der Waals surface area contributed by atoms with Crippen LogP contribution in [-0.2, 0) is 4.79 Å². The van der Waals surface area contributed by atoms with Crippen molar-refractivity contribution < 1.29 is 4.79 Å². The van der Waals surface area contributed by atoms with Crippen LogP contribution in [0.2, 0.25) is 0 Å². The second kappa shape index (κ2) is 9.41. The number of anilines is 2. The van der Waals surface area contributed by atoms with E-state index in [9.17, 15) is 4.79 Å². The molecule has 0 unspecified atom stereocenters. The Morgan fingerprint density at radius 1 is 1.20 bits per heavy atom. The maximum atomic E-state index is 11.4. The Balaban J connectivity index is 2.57. The number of nitrogens with one attached hydrogen (secondary N) is 3. The summed E-state index contributed by atoms with van der Waals surface area (Å²) in [6.07, 6.45) is 3.42. The Morgan fingerprint density at radius 3 is 2.40 bits per heavy atom. The topological polar surface area (TPSA) is 78.9 Å². The maximum absolute atomic E-state index is 11.4. The molecule has 0 radical (unpaired) electrons. The van der Waals surface area contributed by atoms with Crippen LogP contribution in [0.5, 0.6) is 0 Å². The second-order valence-corrected chi connectivity index (χ2v) is 4.96. The van der Waals surface area contributed by atoms with Crippen LogP contribution in [0.25, 0.3) is 0 Å². The zero-order chi connectivity index (χ0) is 14.8. The number of hydrogen-bond acceptors (Lipinski definition) is 6. The molecule has 1 aromatic heterocycles. The predicted molar refractivity (Wildman–Crippen MR) is 84.4 cm³/mol. The summed E-state index contributed by atoms with van der Waals surface area (Å²) in [4.78, 5) is 20.1. The molecule has 0 aliphatic carbocycles. The average molecular weight is 297 g/mol. The first-order chi connectivity index (χ1) is 9.69. The van der Waals surface area contributed by atoms with Crippen molar-refractivity contribution in [3.05, 3.63) is 6.07 Å². The molecule has 0 atom stereocenters. The first-order valence-corrected chi connectivity index (χ1v) is 8.09. The number of nitrogens with zero attached hydrogens (tertiary/aromatic N) is 2. The van der Waals surface area contributed by atoms with Crippen LogP contribution in [0.1, 0.15) is 26.7 Å². The molecule has 1 aromatic rings. The summed E-state index contributed by atoms with van der Waals surface area (Å²) < 4.78 is 0. The molecule has 1 heterocycles. The van der Waals surface area contributed by atoms with Gasteiger partial charge in [-0.1, -0.05) is 18.7 Å². The molecule has 6 nitrogen and oxygen atoms in total. The van der Waals surface area contributed by atoms with Crippen molar-refractivity contribution in [2.24, 2.45) is 0 Å². The van der Waals surface area contributed by atoms with E-state index in [0.717, 1.165) is 24.6 Å². The standard InChI is InChI=1S/C13H23N5OS/c1-4-7-15-10-9-11(18-13(17-10)20-3)16-8-6-12(19)14-5-2/h9H,4-8H2,1-3H3,(H,14,19)(H2,15,16,17,18). The Hall–Kier alpha value is -1.50. The Morgan fingerprint density at radius 2 is 1.85 bits per heavy atom. The normalized spacial score (nSPS) is 10.2. The van der Waals surface area contributed by atoms with Crippen molar-refractivity contribution >= 4 is 29.3 Å². The van der Waals surface area contributed by atoms with Crippen LogP contribution in [0.15, 0.2) is 11.2 Å². The van der Waals surface area contributed by atoms with Crippen molar-refractivity contribution in [3.63, 3.8) is 0 Å². The summed E-state index contributed by atoms with van der Waals surface area (Å²) in [5, 5.41) is 9.89. The third-order valence-corrected chi connectivity index (χ3v) is 3.02. The van der Waals surface area contributed by atoms with Gasteiger partial charge in [-0.3, -0.25) is 4.79 Å². The molecule has 0 saturated carbocycles. The number of carbonyl (C=O) groups is 1. The number of hydrogen-bond donors (Lipinski definition) is 3. The summed E-state index contributed by atoms with van der Waals surface area (Å²) >= 11 is 1.50. The minimum absolute atomic E-state index is 0.0449. The summed E-state index contributed by atoms with van der Waals surface area (Å²) in [6, 6.07) is 1.87. The summed E-state index contributed by atoms with van der Waals surface area (Å²) in [6.45, 7) is 6.11. The molecule has 0 bridgehead atoms. The van der Waals surface area contributed by atoms with Crippen molar-refractivity contribution in [2.75, 3.05) is 36.5 Å². The van der Waals surface area contributed by atoms with Crippen LogP contribution < -0.4 is 16.0 Å². The molecule has 1 rings (SSSR count). The molecule has 1 amide bonds. The number of amides is 1. The molecule has 0 aliphatic rings. The van der Waals surface area contributed by atoms with Gasteiger partial charge < -0.3 is 16.0 Å². The quantitative estimate of drug-likeness (QED) is 0.478. The van der Waals surface area contributed by atoms with Gasteiger partial charge in [0.15, 0.2) is 5.16 Å². The van der Waals surface area contributed by atoms with Crippen LogP contribution in [-0.4, -0.2) is 41.8 Å². The van der Waals surface area contributed by atoms with Gasteiger partial charge in [0, 0.05) is 32.1 Å². The Bertz CT molecular complexity index is 427. The summed E-state index contributed by atoms with van der Waals surface area (Å²) in [5.74, 6) is 1.60. The van der Waals surface area contributed by atoms with Gasteiger partial charge in [0.2, 0.25) is 5.91 Å². The van der Waals surface area contributed by atoms with E-state index in [-0.39, 0.29) is 5.91 Å². The lowest BCUT2D eigenvalue weighted by molar-refractivity contribution is -0.120. The fourth-order valence-electron chi connectivity index (χ4n) is 1.54. The number of carbonyl (C=O) groups excluding carboxylic acids is 1. The Labute approximate surface area is 124 Å². The van der Waals surface area contributed by atoms with Gasteiger partial charge in [0.1, 0.15) is 11.6 Å². The van der Waals surface area contributed by atoms with Crippen LogP contribution in [0.4, 0.5) is 11.6 Å². The third kappa shape index (κ3) is 6.10. The van der Waals surface area contributed by atoms with E-state index in [0.29, 0.717) is 24.7 Å². The van der Waals surface area contributed by atoms with Gasteiger partial charge in [0.25, 0.3) is 0 Å².